The van der Waals surface area contributed by atoms with Gasteiger partial charge in [-0.3, -0.25) is 39.1 Å². The first-order valence-electron chi connectivity index (χ1n) is 23.0. The van der Waals surface area contributed by atoms with Gasteiger partial charge >= 0.3 is 23.9 Å². The average molecular weight is 1150 g/mol. The molecule has 4 heterocycles. The smallest absolute Gasteiger partial charge is 0.320 e. The minimum atomic E-state index is -1.02. The fourth-order valence-corrected chi connectivity index (χ4v) is 5.95. The van der Waals surface area contributed by atoms with Crippen molar-refractivity contribution in [3.63, 3.8) is 0 Å². The van der Waals surface area contributed by atoms with Crippen LogP contribution >= 0.6 is 0 Å². The molecule has 78 heavy (non-hydrogen) atoms. The number of aromatic nitrogens is 4. The molecule has 0 amide bonds. The number of nitrogens with zero attached hydrogens (tertiary/aromatic N) is 4. The molecule has 4 aromatic carbocycles. The first kappa shape index (κ1) is 67.4. The van der Waals surface area contributed by atoms with E-state index >= 15 is 0 Å². The number of phenolic OH excluding ortho intramolecular Hbond substituents is 4. The van der Waals surface area contributed by atoms with Gasteiger partial charge in [-0.05, 0) is 145 Å². The molecule has 8 rings (SSSR count). The van der Waals surface area contributed by atoms with Gasteiger partial charge in [0.05, 0.1) is 22.8 Å². The minimum Gasteiger partial charge on any atom is -0.508 e. The average Bonchev–Trinajstić information content (AvgIpc) is 3.43. The van der Waals surface area contributed by atoms with Crippen molar-refractivity contribution in [3.05, 3.63) is 217 Å². The standard InChI is InChI=1S/2C10H8N2.4C9H11NO3.2Ni/c2*1-3-7-11-9(5-1)10-6-2-4-8-12-10;4*10-8(9(12)13)5-6-1-3-7(11)4-2-6;;/h2*1-8H;4*1-4,8,11H,5,10H2,(H,12,13);;/t;;4*8-;;/m..0000../s1. The Hall–Kier alpha value is -8.61. The summed E-state index contributed by atoms with van der Waals surface area (Å²) in [5.41, 5.74) is 28.2. The number of aliphatic carboxylic acids is 4. The zero-order chi connectivity index (χ0) is 55.8. The molecule has 0 aliphatic rings. The first-order chi connectivity index (χ1) is 36.3. The number of carboxylic acids is 4. The molecule has 16 N–H and O–H groups in total. The number of rotatable bonds is 14. The van der Waals surface area contributed by atoms with Crippen LogP contribution in [0.1, 0.15) is 22.3 Å². The molecular weight excluding hydrogens is 1090 g/mol. The van der Waals surface area contributed by atoms with E-state index in [1.807, 2.05) is 72.8 Å². The second-order valence-corrected chi connectivity index (χ2v) is 16.1. The van der Waals surface area contributed by atoms with Crippen molar-refractivity contribution < 1.29 is 93.0 Å². The van der Waals surface area contributed by atoms with Gasteiger partial charge in [0.25, 0.3) is 0 Å². The summed E-state index contributed by atoms with van der Waals surface area (Å²) in [4.78, 5) is 58.3. The number of phenols is 4. The Labute approximate surface area is 470 Å². The van der Waals surface area contributed by atoms with Crippen LogP contribution in [0.25, 0.3) is 22.8 Å². The van der Waals surface area contributed by atoms with Gasteiger partial charge < -0.3 is 63.8 Å². The third-order valence-electron chi connectivity index (χ3n) is 10.0. The third kappa shape index (κ3) is 27.8. The van der Waals surface area contributed by atoms with E-state index in [2.05, 4.69) is 19.9 Å². The molecule has 8 aromatic rings. The van der Waals surface area contributed by atoms with Crippen LogP contribution < -0.4 is 22.9 Å². The SMILES string of the molecule is N[C@@H](Cc1ccc(O)cc1)C(=O)O.N[C@@H](Cc1ccc(O)cc1)C(=O)O.N[C@@H](Cc1ccc(O)cc1)C(=O)O.N[C@@H](Cc1ccc(O)cc1)C(=O)O.[Ni].[Ni].c1ccc(-c2ccccn2)nc1.c1ccc(-c2ccccn2)nc1. The Morgan fingerprint density at radius 2 is 0.474 bits per heavy atom. The number of hydrogen-bond acceptors (Lipinski definition) is 16. The number of aromatic hydroxyl groups is 4. The van der Waals surface area contributed by atoms with Crippen molar-refractivity contribution >= 4 is 23.9 Å². The predicted molar refractivity (Wildman–Crippen MR) is 285 cm³/mol. The second-order valence-electron chi connectivity index (χ2n) is 16.1. The van der Waals surface area contributed by atoms with Crippen molar-refractivity contribution in [2.24, 2.45) is 22.9 Å². The summed E-state index contributed by atoms with van der Waals surface area (Å²) >= 11 is 0. The van der Waals surface area contributed by atoms with E-state index in [1.165, 1.54) is 48.5 Å². The Morgan fingerprint density at radius 3 is 0.603 bits per heavy atom. The van der Waals surface area contributed by atoms with Crippen molar-refractivity contribution in [2.75, 3.05) is 0 Å². The van der Waals surface area contributed by atoms with E-state index in [0.29, 0.717) is 0 Å². The van der Waals surface area contributed by atoms with E-state index < -0.39 is 48.0 Å². The maximum absolute atomic E-state index is 10.4. The molecule has 0 bridgehead atoms. The number of benzene rings is 4. The number of nitrogens with two attached hydrogens (primary N) is 4. The monoisotopic (exact) mass is 1150 g/mol. The third-order valence-corrected chi connectivity index (χ3v) is 10.0. The largest absolute Gasteiger partial charge is 0.508 e. The van der Waals surface area contributed by atoms with E-state index in [4.69, 9.17) is 63.8 Å². The number of carbonyl (C=O) groups is 4. The Kier molecular flexibility index (Phi) is 32.1. The molecule has 4 aromatic heterocycles. The van der Waals surface area contributed by atoms with E-state index in [-0.39, 0.29) is 81.7 Å². The topological polar surface area (TPSA) is 386 Å². The van der Waals surface area contributed by atoms with Crippen LogP contribution in [-0.2, 0) is 77.8 Å². The van der Waals surface area contributed by atoms with Gasteiger partial charge in [0.1, 0.15) is 47.2 Å². The first-order valence-corrected chi connectivity index (χ1v) is 23.0. The van der Waals surface area contributed by atoms with Crippen LogP contribution in [0, 0.1) is 0 Å². The van der Waals surface area contributed by atoms with Crippen LogP contribution in [-0.4, -0.2) is 109 Å². The van der Waals surface area contributed by atoms with Gasteiger partial charge in [0, 0.05) is 57.8 Å². The number of pyridine rings is 4. The van der Waals surface area contributed by atoms with Crippen LogP contribution in [0.3, 0.4) is 0 Å². The van der Waals surface area contributed by atoms with Gasteiger partial charge in [-0.2, -0.15) is 0 Å². The zero-order valence-electron chi connectivity index (χ0n) is 41.6. The summed E-state index contributed by atoms with van der Waals surface area (Å²) < 4.78 is 0. The van der Waals surface area contributed by atoms with Gasteiger partial charge in [-0.15, -0.1) is 0 Å². The molecule has 0 aliphatic heterocycles. The maximum atomic E-state index is 10.4. The zero-order valence-corrected chi connectivity index (χ0v) is 43.5. The van der Waals surface area contributed by atoms with Gasteiger partial charge in [-0.1, -0.05) is 72.8 Å². The molecule has 0 fully saturated rings. The van der Waals surface area contributed by atoms with Crippen LogP contribution in [0.2, 0.25) is 0 Å². The van der Waals surface area contributed by atoms with Crippen LogP contribution in [0.4, 0.5) is 0 Å². The summed E-state index contributed by atoms with van der Waals surface area (Å²) in [6, 6.07) is 44.9. The second kappa shape index (κ2) is 37.2. The van der Waals surface area contributed by atoms with Crippen molar-refractivity contribution in [2.45, 2.75) is 49.9 Å². The van der Waals surface area contributed by atoms with E-state index in [1.54, 1.807) is 73.3 Å². The van der Waals surface area contributed by atoms with Crippen molar-refractivity contribution in [1.29, 1.82) is 0 Å². The quantitative estimate of drug-likeness (QED) is 0.0583. The van der Waals surface area contributed by atoms with Gasteiger partial charge in [0.15, 0.2) is 0 Å². The molecule has 0 aliphatic carbocycles. The normalized spacial score (nSPS) is 11.2. The van der Waals surface area contributed by atoms with Gasteiger partial charge in [-0.25, -0.2) is 0 Å². The molecule has 0 radical (unpaired) electrons. The number of carboxylic acid groups (broad SMARTS) is 4. The maximum Gasteiger partial charge on any atom is 0.320 e. The molecule has 20 nitrogen and oxygen atoms in total. The Morgan fingerprint density at radius 1 is 0.308 bits per heavy atom. The molecule has 0 spiro atoms. The fraction of sp³-hybridized carbons (Fsp3) is 0.143. The number of hydrogen-bond donors (Lipinski definition) is 12. The molecule has 0 saturated carbocycles. The van der Waals surface area contributed by atoms with Crippen molar-refractivity contribution in [3.8, 4) is 45.8 Å². The van der Waals surface area contributed by atoms with Crippen molar-refractivity contribution in [1.82, 2.24) is 19.9 Å². The summed E-state index contributed by atoms with van der Waals surface area (Å²) in [5.74, 6) is -3.44. The molecule has 0 saturated heterocycles. The summed E-state index contributed by atoms with van der Waals surface area (Å²) in [7, 11) is 0. The summed E-state index contributed by atoms with van der Waals surface area (Å²) in [6.07, 6.45) is 8.17. The summed E-state index contributed by atoms with van der Waals surface area (Å²) in [6.45, 7) is 0. The van der Waals surface area contributed by atoms with E-state index in [9.17, 15) is 19.2 Å². The fourth-order valence-electron chi connectivity index (χ4n) is 5.95. The molecule has 4 atom stereocenters. The molecule has 22 heteroatoms. The Balaban J connectivity index is 0.000000466. The molecule has 416 valence electrons. The van der Waals surface area contributed by atoms with Crippen LogP contribution in [0.5, 0.6) is 23.0 Å². The van der Waals surface area contributed by atoms with E-state index in [0.717, 1.165) is 45.0 Å². The summed E-state index contributed by atoms with van der Waals surface area (Å²) in [5, 5.41) is 69.9. The van der Waals surface area contributed by atoms with Crippen LogP contribution in [0.15, 0.2) is 195 Å². The Bertz CT molecular complexity index is 2520. The molecular formula is C56H60N8Ni2O12. The van der Waals surface area contributed by atoms with Gasteiger partial charge in [0.2, 0.25) is 0 Å². The molecule has 0 unspecified atom stereocenters. The predicted octanol–water partition coefficient (Wildman–Crippen LogP) is 5.67. The minimum absolute atomic E-state index is 0.